The second-order valence-corrected chi connectivity index (χ2v) is 3.98. The van der Waals surface area contributed by atoms with Crippen molar-refractivity contribution in [2.24, 2.45) is 0 Å². The van der Waals surface area contributed by atoms with Gasteiger partial charge in [0.05, 0.1) is 6.61 Å². The van der Waals surface area contributed by atoms with Gasteiger partial charge in [0.1, 0.15) is 0 Å². The molecule has 0 N–H and O–H groups in total. The third-order valence-corrected chi connectivity index (χ3v) is 2.45. The van der Waals surface area contributed by atoms with Crippen LogP contribution in [-0.4, -0.2) is 12.6 Å². The first-order valence-electron chi connectivity index (χ1n) is 6.44. The smallest absolute Gasteiger partial charge is 0.305 e. The third-order valence-electron chi connectivity index (χ3n) is 2.45. The van der Waals surface area contributed by atoms with Crippen molar-refractivity contribution in [2.75, 3.05) is 6.61 Å². The molecule has 0 heterocycles. The van der Waals surface area contributed by atoms with Gasteiger partial charge in [0.25, 0.3) is 0 Å². The van der Waals surface area contributed by atoms with Crippen LogP contribution in [0.2, 0.25) is 0 Å². The van der Waals surface area contributed by atoms with Crippen LogP contribution in [0.1, 0.15) is 38.2 Å². The number of hydrogen-bond donors (Lipinski definition) is 0. The number of carbonyl (C=O) groups is 1. The molecule has 0 saturated heterocycles. The molecule has 18 heavy (non-hydrogen) atoms. The molecule has 1 rings (SSSR count). The van der Waals surface area contributed by atoms with E-state index in [0.29, 0.717) is 13.0 Å². The molecular weight excluding hydrogens is 224 g/mol. The Morgan fingerprint density at radius 3 is 2.78 bits per heavy atom. The lowest BCUT2D eigenvalue weighted by Crippen LogP contribution is -2.02. The molecular formula is C16H20O2. The van der Waals surface area contributed by atoms with Crippen molar-refractivity contribution in [3.8, 4) is 0 Å². The van der Waals surface area contributed by atoms with Crippen molar-refractivity contribution in [3.05, 3.63) is 47.7 Å². The summed E-state index contributed by atoms with van der Waals surface area (Å²) in [5.41, 5.74) is 4.30. The first-order chi connectivity index (χ1) is 8.83. The summed E-state index contributed by atoms with van der Waals surface area (Å²) in [4.78, 5) is 11.1. The van der Waals surface area contributed by atoms with Crippen LogP contribution in [0, 0.1) is 0 Å². The van der Waals surface area contributed by atoms with Gasteiger partial charge in [-0.3, -0.25) is 4.79 Å². The highest BCUT2D eigenvalue weighted by Gasteiger charge is 1.99. The van der Waals surface area contributed by atoms with Crippen LogP contribution >= 0.6 is 0 Å². The molecule has 0 amide bonds. The molecule has 0 saturated carbocycles. The molecule has 0 radical (unpaired) electrons. The Kier molecular flexibility index (Phi) is 7.34. The monoisotopic (exact) mass is 244 g/mol. The number of carbonyl (C=O) groups excluding carboxylic acids is 1. The fraction of sp³-hybridized carbons (Fsp3) is 0.375. The molecule has 1 aromatic carbocycles. The first kappa shape index (κ1) is 14.3. The normalized spacial score (nSPS) is 9.39. The lowest BCUT2D eigenvalue weighted by Gasteiger charge is -1.99. The minimum absolute atomic E-state index is 0.0960. The van der Waals surface area contributed by atoms with E-state index in [2.05, 4.69) is 5.73 Å². The standard InChI is InChI=1S/C16H20O2/c1-2-18-16(17)14-10-5-3-4-7-11-15-12-8-6-9-13-15/h4,6,8-9,11-13H,2-3,5,10,14H2,1H3. The summed E-state index contributed by atoms with van der Waals surface area (Å²) in [7, 11) is 0. The SMILES string of the molecule is CCOC(=O)CCCCC=C=Cc1ccccc1. The predicted molar refractivity (Wildman–Crippen MR) is 74.1 cm³/mol. The van der Waals surface area contributed by atoms with Crippen LogP contribution in [0.4, 0.5) is 0 Å². The summed E-state index contributed by atoms with van der Waals surface area (Å²) in [5.74, 6) is -0.0960. The van der Waals surface area contributed by atoms with Crippen molar-refractivity contribution in [2.45, 2.75) is 32.6 Å². The van der Waals surface area contributed by atoms with E-state index in [1.807, 2.05) is 49.4 Å². The quantitative estimate of drug-likeness (QED) is 0.412. The van der Waals surface area contributed by atoms with Gasteiger partial charge in [0.2, 0.25) is 0 Å². The van der Waals surface area contributed by atoms with Crippen molar-refractivity contribution in [1.82, 2.24) is 0 Å². The Hall–Kier alpha value is -1.79. The van der Waals surface area contributed by atoms with Crippen LogP contribution in [0.25, 0.3) is 6.08 Å². The van der Waals surface area contributed by atoms with Crippen molar-refractivity contribution < 1.29 is 9.53 Å². The number of benzene rings is 1. The minimum atomic E-state index is -0.0960. The van der Waals surface area contributed by atoms with Gasteiger partial charge in [-0.1, -0.05) is 30.3 Å². The lowest BCUT2D eigenvalue weighted by atomic mass is 10.2. The summed E-state index contributed by atoms with van der Waals surface area (Å²) < 4.78 is 4.86. The molecule has 0 atom stereocenters. The van der Waals surface area contributed by atoms with E-state index >= 15 is 0 Å². The summed E-state index contributed by atoms with van der Waals surface area (Å²) in [5, 5.41) is 0. The Balaban J connectivity index is 2.14. The molecule has 2 nitrogen and oxygen atoms in total. The Morgan fingerprint density at radius 1 is 1.28 bits per heavy atom. The van der Waals surface area contributed by atoms with Crippen molar-refractivity contribution in [3.63, 3.8) is 0 Å². The molecule has 0 fully saturated rings. The number of rotatable bonds is 7. The van der Waals surface area contributed by atoms with Crippen LogP contribution in [-0.2, 0) is 9.53 Å². The molecule has 1 aromatic rings. The Bertz CT molecular complexity index is 400. The van der Waals surface area contributed by atoms with Gasteiger partial charge >= 0.3 is 5.97 Å². The third kappa shape index (κ3) is 6.72. The molecule has 0 aromatic heterocycles. The van der Waals surface area contributed by atoms with E-state index in [9.17, 15) is 4.79 Å². The lowest BCUT2D eigenvalue weighted by molar-refractivity contribution is -0.143. The highest BCUT2D eigenvalue weighted by Crippen LogP contribution is 2.03. The van der Waals surface area contributed by atoms with E-state index < -0.39 is 0 Å². The van der Waals surface area contributed by atoms with Crippen molar-refractivity contribution >= 4 is 12.0 Å². The zero-order valence-corrected chi connectivity index (χ0v) is 10.9. The second-order valence-electron chi connectivity index (χ2n) is 3.98. The fourth-order valence-corrected chi connectivity index (χ4v) is 1.54. The Morgan fingerprint density at radius 2 is 2.06 bits per heavy atom. The van der Waals surface area contributed by atoms with Crippen molar-refractivity contribution in [1.29, 1.82) is 0 Å². The maximum Gasteiger partial charge on any atom is 0.305 e. The summed E-state index contributed by atoms with van der Waals surface area (Å²) >= 11 is 0. The number of unbranched alkanes of at least 4 members (excludes halogenated alkanes) is 2. The highest BCUT2D eigenvalue weighted by atomic mass is 16.5. The number of allylic oxidation sites excluding steroid dienone is 1. The summed E-state index contributed by atoms with van der Waals surface area (Å²) in [6.07, 6.45) is 7.31. The van der Waals surface area contributed by atoms with Gasteiger partial charge in [-0.25, -0.2) is 0 Å². The van der Waals surface area contributed by atoms with Crippen LogP contribution in [0.15, 0.2) is 42.1 Å². The van der Waals surface area contributed by atoms with Gasteiger partial charge in [0, 0.05) is 6.42 Å². The van der Waals surface area contributed by atoms with Gasteiger partial charge in [-0.15, -0.1) is 5.73 Å². The van der Waals surface area contributed by atoms with E-state index in [0.717, 1.165) is 24.8 Å². The van der Waals surface area contributed by atoms with Gasteiger partial charge in [-0.05, 0) is 43.9 Å². The number of esters is 1. The molecule has 0 aliphatic rings. The van der Waals surface area contributed by atoms with Crippen LogP contribution < -0.4 is 0 Å². The minimum Gasteiger partial charge on any atom is -0.466 e. The molecule has 0 spiro atoms. The van der Waals surface area contributed by atoms with E-state index in [1.165, 1.54) is 0 Å². The predicted octanol–water partition coefficient (Wildman–Crippen LogP) is 3.98. The molecule has 96 valence electrons. The average Bonchev–Trinajstić information content (AvgIpc) is 2.39. The first-order valence-corrected chi connectivity index (χ1v) is 6.44. The Labute approximate surface area is 109 Å². The summed E-state index contributed by atoms with van der Waals surface area (Å²) in [6.45, 7) is 2.30. The average molecular weight is 244 g/mol. The summed E-state index contributed by atoms with van der Waals surface area (Å²) in [6, 6.07) is 10.1. The van der Waals surface area contributed by atoms with Crippen LogP contribution in [0.3, 0.4) is 0 Å². The van der Waals surface area contributed by atoms with E-state index in [1.54, 1.807) is 0 Å². The zero-order chi connectivity index (χ0) is 13.1. The molecule has 0 bridgehead atoms. The number of hydrogen-bond acceptors (Lipinski definition) is 2. The highest BCUT2D eigenvalue weighted by molar-refractivity contribution is 5.69. The zero-order valence-electron chi connectivity index (χ0n) is 10.9. The number of ether oxygens (including phenoxy) is 1. The molecule has 0 aliphatic carbocycles. The molecule has 2 heteroatoms. The van der Waals surface area contributed by atoms with E-state index in [4.69, 9.17) is 4.74 Å². The van der Waals surface area contributed by atoms with Gasteiger partial charge in [0.15, 0.2) is 0 Å². The maximum atomic E-state index is 11.1. The second kappa shape index (κ2) is 9.26. The van der Waals surface area contributed by atoms with Gasteiger partial charge in [-0.2, -0.15) is 0 Å². The fourth-order valence-electron chi connectivity index (χ4n) is 1.54. The van der Waals surface area contributed by atoms with E-state index in [-0.39, 0.29) is 5.97 Å². The molecule has 0 unspecified atom stereocenters. The molecule has 0 aliphatic heterocycles. The largest absolute Gasteiger partial charge is 0.466 e. The van der Waals surface area contributed by atoms with Gasteiger partial charge < -0.3 is 4.74 Å². The topological polar surface area (TPSA) is 26.3 Å². The van der Waals surface area contributed by atoms with Crippen LogP contribution in [0.5, 0.6) is 0 Å². The maximum absolute atomic E-state index is 11.1.